The number of likely N-dealkylation sites (tertiary alicyclic amines) is 1. The highest BCUT2D eigenvalue weighted by Crippen LogP contribution is 2.26. The number of nitrogens with zero attached hydrogens (tertiary/aromatic N) is 1. The molecule has 1 saturated heterocycles. The van der Waals surface area contributed by atoms with E-state index in [9.17, 15) is 0 Å². The van der Waals surface area contributed by atoms with Crippen LogP contribution in [0.1, 0.15) is 44.2 Å². The molecule has 1 aromatic rings. The van der Waals surface area contributed by atoms with Crippen molar-refractivity contribution in [3.63, 3.8) is 0 Å². The van der Waals surface area contributed by atoms with Crippen LogP contribution in [0.2, 0.25) is 0 Å². The van der Waals surface area contributed by atoms with Crippen LogP contribution in [0.5, 0.6) is 5.75 Å². The quantitative estimate of drug-likeness (QED) is 0.863. The van der Waals surface area contributed by atoms with Gasteiger partial charge in [0, 0.05) is 18.2 Å². The minimum atomic E-state index is 0.343. The number of benzene rings is 1. The summed E-state index contributed by atoms with van der Waals surface area (Å²) in [4.78, 5) is 2.59. The van der Waals surface area contributed by atoms with Gasteiger partial charge in [-0.1, -0.05) is 31.0 Å². The second-order valence-corrected chi connectivity index (χ2v) is 5.53. The van der Waals surface area contributed by atoms with Crippen LogP contribution in [-0.4, -0.2) is 38.2 Å². The van der Waals surface area contributed by atoms with E-state index in [1.807, 2.05) is 20.0 Å². The first-order valence-electron chi connectivity index (χ1n) is 7.96. The summed E-state index contributed by atoms with van der Waals surface area (Å²) in [5.74, 6) is 1.02. The average Bonchev–Trinajstić information content (AvgIpc) is 2.74. The Morgan fingerprint density at radius 2 is 1.85 bits per heavy atom. The topological polar surface area (TPSA) is 24.5 Å². The molecule has 1 atom stereocenters. The zero-order valence-corrected chi connectivity index (χ0v) is 12.9. The molecule has 0 spiro atoms. The summed E-state index contributed by atoms with van der Waals surface area (Å²) in [6.07, 6.45) is 5.44. The van der Waals surface area contributed by atoms with Crippen molar-refractivity contribution in [1.29, 1.82) is 0 Å². The minimum Gasteiger partial charge on any atom is -0.494 e. The highest BCUT2D eigenvalue weighted by Gasteiger charge is 2.18. The Morgan fingerprint density at radius 3 is 2.50 bits per heavy atom. The lowest BCUT2D eigenvalue weighted by Gasteiger charge is -2.27. The fraction of sp³-hybridized carbons (Fsp3) is 0.647. The lowest BCUT2D eigenvalue weighted by Crippen LogP contribution is -2.34. The van der Waals surface area contributed by atoms with Crippen LogP contribution >= 0.6 is 0 Å². The minimum absolute atomic E-state index is 0.343. The van der Waals surface area contributed by atoms with Crippen LogP contribution in [0, 0.1) is 0 Å². The van der Waals surface area contributed by atoms with E-state index in [4.69, 9.17) is 4.74 Å². The van der Waals surface area contributed by atoms with Crippen molar-refractivity contribution in [3.8, 4) is 5.75 Å². The first-order valence-corrected chi connectivity index (χ1v) is 7.96. The molecule has 1 N–H and O–H groups in total. The summed E-state index contributed by atoms with van der Waals surface area (Å²) in [7, 11) is 2.05. The summed E-state index contributed by atoms with van der Waals surface area (Å²) in [6.45, 7) is 6.29. The van der Waals surface area contributed by atoms with Crippen LogP contribution in [0.4, 0.5) is 0 Å². The third kappa shape index (κ3) is 4.22. The summed E-state index contributed by atoms with van der Waals surface area (Å²) in [5.41, 5.74) is 1.28. The Balaban J connectivity index is 2.06. The normalized spacial score (nSPS) is 18.5. The Kier molecular flexibility index (Phi) is 6.34. The number of para-hydroxylation sites is 1. The van der Waals surface area contributed by atoms with Gasteiger partial charge in [-0.3, -0.25) is 0 Å². The van der Waals surface area contributed by atoms with Gasteiger partial charge in [0.1, 0.15) is 5.75 Å². The maximum absolute atomic E-state index is 5.78. The van der Waals surface area contributed by atoms with Crippen LogP contribution in [-0.2, 0) is 0 Å². The molecule has 1 fully saturated rings. The van der Waals surface area contributed by atoms with Crippen LogP contribution in [0.15, 0.2) is 24.3 Å². The standard InChI is InChI=1S/C17H28N2O/c1-3-20-17-11-7-6-10-15(17)16(18-2)14-19-12-8-4-5-9-13-19/h6-7,10-11,16,18H,3-5,8-9,12-14H2,1-2H3. The molecular weight excluding hydrogens is 248 g/mol. The molecule has 0 aromatic heterocycles. The van der Waals surface area contributed by atoms with Gasteiger partial charge >= 0.3 is 0 Å². The molecule has 1 aromatic carbocycles. The monoisotopic (exact) mass is 276 g/mol. The fourth-order valence-electron chi connectivity index (χ4n) is 2.98. The highest BCUT2D eigenvalue weighted by atomic mass is 16.5. The summed E-state index contributed by atoms with van der Waals surface area (Å²) < 4.78 is 5.78. The lowest BCUT2D eigenvalue weighted by molar-refractivity contribution is 0.251. The van der Waals surface area contributed by atoms with Gasteiger partial charge < -0.3 is 15.0 Å². The van der Waals surface area contributed by atoms with Gasteiger partial charge in [0.2, 0.25) is 0 Å². The Bertz CT molecular complexity index is 386. The first-order chi connectivity index (χ1) is 9.85. The summed E-state index contributed by atoms with van der Waals surface area (Å²) in [5, 5.41) is 3.46. The van der Waals surface area contributed by atoms with Gasteiger partial charge in [-0.05, 0) is 46.0 Å². The van der Waals surface area contributed by atoms with Crippen LogP contribution < -0.4 is 10.1 Å². The molecule has 0 saturated carbocycles. The lowest BCUT2D eigenvalue weighted by atomic mass is 10.0. The van der Waals surface area contributed by atoms with Crippen molar-refractivity contribution in [2.75, 3.05) is 33.3 Å². The Hall–Kier alpha value is -1.06. The van der Waals surface area contributed by atoms with E-state index in [0.29, 0.717) is 6.04 Å². The zero-order valence-electron chi connectivity index (χ0n) is 12.9. The largest absolute Gasteiger partial charge is 0.494 e. The van der Waals surface area contributed by atoms with E-state index in [-0.39, 0.29) is 0 Å². The van der Waals surface area contributed by atoms with Crippen LogP contribution in [0.3, 0.4) is 0 Å². The molecule has 20 heavy (non-hydrogen) atoms. The summed E-state index contributed by atoms with van der Waals surface area (Å²) >= 11 is 0. The molecule has 0 bridgehead atoms. The van der Waals surface area contributed by atoms with E-state index < -0.39 is 0 Å². The predicted octanol–water partition coefficient (Wildman–Crippen LogP) is 3.22. The molecule has 0 amide bonds. The third-order valence-electron chi connectivity index (χ3n) is 4.08. The molecule has 2 rings (SSSR count). The number of rotatable bonds is 6. The molecule has 3 nitrogen and oxygen atoms in total. The number of likely N-dealkylation sites (N-methyl/N-ethyl adjacent to an activating group) is 1. The van der Waals surface area contributed by atoms with Gasteiger partial charge in [-0.25, -0.2) is 0 Å². The highest BCUT2D eigenvalue weighted by molar-refractivity contribution is 5.36. The van der Waals surface area contributed by atoms with Crippen molar-refractivity contribution in [1.82, 2.24) is 10.2 Å². The smallest absolute Gasteiger partial charge is 0.124 e. The molecule has 1 aliphatic rings. The second-order valence-electron chi connectivity index (χ2n) is 5.53. The van der Waals surface area contributed by atoms with Gasteiger partial charge in [-0.15, -0.1) is 0 Å². The molecular formula is C17H28N2O. The van der Waals surface area contributed by atoms with Crippen molar-refractivity contribution in [2.24, 2.45) is 0 Å². The average molecular weight is 276 g/mol. The maximum atomic E-state index is 5.78. The van der Waals surface area contributed by atoms with Gasteiger partial charge in [0.05, 0.1) is 6.61 Å². The molecule has 0 radical (unpaired) electrons. The Morgan fingerprint density at radius 1 is 1.15 bits per heavy atom. The maximum Gasteiger partial charge on any atom is 0.124 e. The van der Waals surface area contributed by atoms with E-state index >= 15 is 0 Å². The molecule has 112 valence electrons. The number of nitrogens with one attached hydrogen (secondary N) is 1. The van der Waals surface area contributed by atoms with Crippen molar-refractivity contribution < 1.29 is 4.74 Å². The van der Waals surface area contributed by atoms with E-state index in [2.05, 4.69) is 28.4 Å². The molecule has 0 aliphatic carbocycles. The van der Waals surface area contributed by atoms with Crippen molar-refractivity contribution in [3.05, 3.63) is 29.8 Å². The van der Waals surface area contributed by atoms with Crippen molar-refractivity contribution >= 4 is 0 Å². The Labute approximate surface area is 123 Å². The zero-order chi connectivity index (χ0) is 14.2. The van der Waals surface area contributed by atoms with E-state index in [1.165, 1.54) is 44.3 Å². The first kappa shape index (κ1) is 15.3. The molecule has 3 heteroatoms. The SMILES string of the molecule is CCOc1ccccc1C(CN1CCCCCC1)NC. The predicted molar refractivity (Wildman–Crippen MR) is 84.3 cm³/mol. The van der Waals surface area contributed by atoms with Crippen molar-refractivity contribution in [2.45, 2.75) is 38.6 Å². The fourth-order valence-corrected chi connectivity index (χ4v) is 2.98. The van der Waals surface area contributed by atoms with E-state index in [1.54, 1.807) is 0 Å². The van der Waals surface area contributed by atoms with E-state index in [0.717, 1.165) is 18.9 Å². The number of ether oxygens (including phenoxy) is 1. The van der Waals surface area contributed by atoms with Gasteiger partial charge in [0.25, 0.3) is 0 Å². The summed E-state index contributed by atoms with van der Waals surface area (Å²) in [6, 6.07) is 8.75. The number of hydrogen-bond acceptors (Lipinski definition) is 3. The molecule has 1 aliphatic heterocycles. The third-order valence-corrected chi connectivity index (χ3v) is 4.08. The van der Waals surface area contributed by atoms with Crippen LogP contribution in [0.25, 0.3) is 0 Å². The second kappa shape index (κ2) is 8.28. The van der Waals surface area contributed by atoms with Gasteiger partial charge in [-0.2, -0.15) is 0 Å². The molecule has 1 unspecified atom stereocenters. The van der Waals surface area contributed by atoms with Gasteiger partial charge in [0.15, 0.2) is 0 Å². The number of hydrogen-bond donors (Lipinski definition) is 1. The molecule has 1 heterocycles.